The number of nitrogens with one attached hydrogen (secondary N) is 1. The van der Waals surface area contributed by atoms with E-state index < -0.39 is 0 Å². The van der Waals surface area contributed by atoms with Crippen molar-refractivity contribution in [3.05, 3.63) is 84.2 Å². The molecule has 0 aliphatic carbocycles. The number of aromatic nitrogens is 1. The molecule has 2 aromatic carbocycles. The first-order chi connectivity index (χ1) is 14.2. The highest BCUT2D eigenvalue weighted by molar-refractivity contribution is 6.06. The molecule has 4 rings (SSSR count). The molecule has 6 nitrogen and oxygen atoms in total. The maximum Gasteiger partial charge on any atom is 0.257 e. The van der Waals surface area contributed by atoms with Crippen LogP contribution in [0.15, 0.2) is 73.1 Å². The fourth-order valence-corrected chi connectivity index (χ4v) is 3.25. The molecule has 29 heavy (non-hydrogen) atoms. The van der Waals surface area contributed by atoms with Gasteiger partial charge < -0.3 is 15.0 Å². The van der Waals surface area contributed by atoms with E-state index in [2.05, 4.69) is 10.3 Å². The van der Waals surface area contributed by atoms with Gasteiger partial charge in [-0.15, -0.1) is 0 Å². The molecule has 0 radical (unpaired) electrons. The minimum Gasteiger partial charge on any atom is -0.455 e. The molecule has 146 valence electrons. The Hall–Kier alpha value is -3.67. The number of carbonyl (C=O) groups excluding carboxylic acids is 2. The van der Waals surface area contributed by atoms with Gasteiger partial charge in [0.2, 0.25) is 0 Å². The summed E-state index contributed by atoms with van der Waals surface area (Å²) in [4.78, 5) is 31.2. The zero-order chi connectivity index (χ0) is 20.1. The summed E-state index contributed by atoms with van der Waals surface area (Å²) in [5.41, 5.74) is 1.29. The molecule has 3 aromatic rings. The Morgan fingerprint density at radius 3 is 2.38 bits per heavy atom. The molecule has 1 N–H and O–H groups in total. The maximum atomic E-state index is 12.8. The second-order valence-electron chi connectivity index (χ2n) is 6.83. The molecule has 0 bridgehead atoms. The van der Waals surface area contributed by atoms with Gasteiger partial charge in [0.25, 0.3) is 11.8 Å². The molecule has 2 heterocycles. The average Bonchev–Trinajstić information content (AvgIpc) is 3.30. The van der Waals surface area contributed by atoms with Crippen LogP contribution in [-0.4, -0.2) is 34.8 Å². The minimum atomic E-state index is -0.349. The summed E-state index contributed by atoms with van der Waals surface area (Å²) in [6.45, 7) is 1.50. The Morgan fingerprint density at radius 1 is 0.897 bits per heavy atom. The zero-order valence-electron chi connectivity index (χ0n) is 15.9. The van der Waals surface area contributed by atoms with Crippen LogP contribution in [0.4, 0.5) is 5.69 Å². The number of rotatable bonds is 5. The van der Waals surface area contributed by atoms with Gasteiger partial charge in [-0.3, -0.25) is 14.6 Å². The predicted molar refractivity (Wildman–Crippen MR) is 110 cm³/mol. The normalized spacial score (nSPS) is 13.2. The van der Waals surface area contributed by atoms with Gasteiger partial charge in [-0.2, -0.15) is 0 Å². The Kier molecular flexibility index (Phi) is 5.52. The summed E-state index contributed by atoms with van der Waals surface area (Å²) in [5.74, 6) is 0.772. The molecule has 6 heteroatoms. The summed E-state index contributed by atoms with van der Waals surface area (Å²) in [7, 11) is 0. The monoisotopic (exact) mass is 387 g/mol. The van der Waals surface area contributed by atoms with E-state index in [1.165, 1.54) is 12.4 Å². The van der Waals surface area contributed by atoms with Crippen molar-refractivity contribution in [2.24, 2.45) is 0 Å². The van der Waals surface area contributed by atoms with E-state index in [1.807, 2.05) is 42.5 Å². The Morgan fingerprint density at radius 2 is 1.59 bits per heavy atom. The summed E-state index contributed by atoms with van der Waals surface area (Å²) in [5, 5.41) is 2.85. The number of likely N-dealkylation sites (tertiary alicyclic amines) is 1. The lowest BCUT2D eigenvalue weighted by molar-refractivity contribution is 0.0792. The first-order valence-electron chi connectivity index (χ1n) is 9.58. The minimum absolute atomic E-state index is 0.0857. The predicted octanol–water partition coefficient (Wildman–Crippen LogP) is 4.36. The van der Waals surface area contributed by atoms with Gasteiger partial charge in [0, 0.05) is 25.5 Å². The Bertz CT molecular complexity index is 1010. The lowest BCUT2D eigenvalue weighted by Crippen LogP contribution is -2.28. The van der Waals surface area contributed by atoms with E-state index in [0.29, 0.717) is 28.3 Å². The molecule has 1 aliphatic heterocycles. The Balaban J connectivity index is 1.51. The highest BCUT2D eigenvalue weighted by Gasteiger charge is 2.21. The third-order valence-electron chi connectivity index (χ3n) is 4.75. The molecule has 0 spiro atoms. The molecule has 0 saturated carbocycles. The van der Waals surface area contributed by atoms with Gasteiger partial charge in [-0.25, -0.2) is 0 Å². The second kappa shape index (κ2) is 8.56. The largest absolute Gasteiger partial charge is 0.455 e. The lowest BCUT2D eigenvalue weighted by Gasteiger charge is -2.15. The standard InChI is InChI=1S/C23H21N3O3/c27-22(17-14-18(16-24-15-17)23(28)26-12-6-7-13-26)25-20-10-4-5-11-21(20)29-19-8-2-1-3-9-19/h1-5,8-11,14-16H,6-7,12-13H2,(H,25,27). The topological polar surface area (TPSA) is 71.5 Å². The third-order valence-corrected chi connectivity index (χ3v) is 4.75. The van der Waals surface area contributed by atoms with E-state index >= 15 is 0 Å². The van der Waals surface area contributed by atoms with E-state index in [0.717, 1.165) is 25.9 Å². The van der Waals surface area contributed by atoms with Crippen molar-refractivity contribution >= 4 is 17.5 Å². The smallest absolute Gasteiger partial charge is 0.257 e. The van der Waals surface area contributed by atoms with Gasteiger partial charge in [0.1, 0.15) is 5.75 Å². The van der Waals surface area contributed by atoms with Crippen molar-refractivity contribution in [2.75, 3.05) is 18.4 Å². The molecule has 0 unspecified atom stereocenters. The van der Waals surface area contributed by atoms with Gasteiger partial charge in [-0.1, -0.05) is 30.3 Å². The molecular formula is C23H21N3O3. The van der Waals surface area contributed by atoms with E-state index in [9.17, 15) is 9.59 Å². The van der Waals surface area contributed by atoms with Gasteiger partial charge >= 0.3 is 0 Å². The number of nitrogens with zero attached hydrogens (tertiary/aromatic N) is 2. The van der Waals surface area contributed by atoms with Crippen molar-refractivity contribution in [2.45, 2.75) is 12.8 Å². The molecule has 1 fully saturated rings. The van der Waals surface area contributed by atoms with Crippen LogP contribution >= 0.6 is 0 Å². The van der Waals surface area contributed by atoms with Crippen molar-refractivity contribution in [1.82, 2.24) is 9.88 Å². The van der Waals surface area contributed by atoms with Crippen LogP contribution in [0, 0.1) is 0 Å². The van der Waals surface area contributed by atoms with Crippen LogP contribution in [0.5, 0.6) is 11.5 Å². The van der Waals surface area contributed by atoms with Gasteiger partial charge in [0.05, 0.1) is 16.8 Å². The number of ether oxygens (including phenoxy) is 1. The number of hydrogen-bond acceptors (Lipinski definition) is 4. The molecule has 0 atom stereocenters. The lowest BCUT2D eigenvalue weighted by atomic mass is 10.1. The number of anilines is 1. The van der Waals surface area contributed by atoms with Crippen molar-refractivity contribution in [3.63, 3.8) is 0 Å². The van der Waals surface area contributed by atoms with Crippen molar-refractivity contribution < 1.29 is 14.3 Å². The number of hydrogen-bond donors (Lipinski definition) is 1. The SMILES string of the molecule is O=C(Nc1ccccc1Oc1ccccc1)c1cncc(C(=O)N2CCCC2)c1. The molecular weight excluding hydrogens is 366 g/mol. The summed E-state index contributed by atoms with van der Waals surface area (Å²) >= 11 is 0. The molecule has 1 aliphatic rings. The number of amides is 2. The van der Waals surface area contributed by atoms with Gasteiger partial charge in [-0.05, 0) is 43.2 Å². The van der Waals surface area contributed by atoms with Crippen LogP contribution < -0.4 is 10.1 Å². The maximum absolute atomic E-state index is 12.8. The van der Waals surface area contributed by atoms with E-state index in [-0.39, 0.29) is 11.8 Å². The molecule has 1 saturated heterocycles. The second-order valence-corrected chi connectivity index (χ2v) is 6.83. The summed E-state index contributed by atoms with van der Waals surface area (Å²) < 4.78 is 5.88. The number of para-hydroxylation sites is 3. The summed E-state index contributed by atoms with van der Waals surface area (Å²) in [6.07, 6.45) is 4.98. The fourth-order valence-electron chi connectivity index (χ4n) is 3.25. The molecule has 2 amide bonds. The zero-order valence-corrected chi connectivity index (χ0v) is 15.9. The quantitative estimate of drug-likeness (QED) is 0.706. The highest BCUT2D eigenvalue weighted by Crippen LogP contribution is 2.29. The highest BCUT2D eigenvalue weighted by atomic mass is 16.5. The van der Waals surface area contributed by atoms with Crippen molar-refractivity contribution in [1.29, 1.82) is 0 Å². The van der Waals surface area contributed by atoms with Crippen LogP contribution in [0.3, 0.4) is 0 Å². The Labute approximate surface area is 169 Å². The number of benzene rings is 2. The molecule has 1 aromatic heterocycles. The van der Waals surface area contributed by atoms with Crippen molar-refractivity contribution in [3.8, 4) is 11.5 Å². The fraction of sp³-hybridized carbons (Fsp3) is 0.174. The number of carbonyl (C=O) groups is 2. The van der Waals surface area contributed by atoms with Gasteiger partial charge in [0.15, 0.2) is 5.75 Å². The van der Waals surface area contributed by atoms with Crippen LogP contribution in [-0.2, 0) is 0 Å². The number of pyridine rings is 1. The third kappa shape index (κ3) is 4.43. The van der Waals surface area contributed by atoms with Crippen LogP contribution in [0.1, 0.15) is 33.6 Å². The van der Waals surface area contributed by atoms with E-state index in [4.69, 9.17) is 4.74 Å². The van der Waals surface area contributed by atoms with Crippen LogP contribution in [0.25, 0.3) is 0 Å². The first kappa shape index (κ1) is 18.7. The average molecular weight is 387 g/mol. The van der Waals surface area contributed by atoms with E-state index in [1.54, 1.807) is 23.1 Å². The first-order valence-corrected chi connectivity index (χ1v) is 9.58. The summed E-state index contributed by atoms with van der Waals surface area (Å²) in [6, 6.07) is 18.1. The van der Waals surface area contributed by atoms with Crippen LogP contribution in [0.2, 0.25) is 0 Å².